The maximum absolute atomic E-state index is 14.0. The highest BCUT2D eigenvalue weighted by molar-refractivity contribution is 5.83. The van der Waals surface area contributed by atoms with Gasteiger partial charge in [0.2, 0.25) is 5.75 Å². The first-order valence-corrected chi connectivity index (χ1v) is 35.7. The van der Waals surface area contributed by atoms with E-state index in [-0.39, 0.29) is 65.5 Å². The van der Waals surface area contributed by atoms with E-state index in [1.54, 1.807) is 24.5 Å². The zero-order valence-electron chi connectivity index (χ0n) is 55.6. The number of aromatic nitrogens is 3. The van der Waals surface area contributed by atoms with Crippen molar-refractivity contribution >= 4 is 22.8 Å². The molecule has 11 aliphatic rings. The zero-order valence-corrected chi connectivity index (χ0v) is 55.6. The Bertz CT molecular complexity index is 4340. The Balaban J connectivity index is 0.870. The van der Waals surface area contributed by atoms with Crippen LogP contribution in [0.4, 0.5) is 0 Å². The van der Waals surface area contributed by atoms with Gasteiger partial charge in [-0.25, -0.2) is 0 Å². The van der Waals surface area contributed by atoms with Crippen LogP contribution >= 0.6 is 0 Å². The summed E-state index contributed by atoms with van der Waals surface area (Å²) in [4.78, 5) is 27.2. The number of carbonyl (C=O) groups excluding carboxylic acids is 1. The molecule has 6 aliphatic heterocycles. The molecule has 9 heterocycles. The van der Waals surface area contributed by atoms with Gasteiger partial charge in [-0.05, 0) is 169 Å². The van der Waals surface area contributed by atoms with Crippen LogP contribution in [0, 0.1) is 75.9 Å². The number of aliphatic hydroxyl groups is 1. The number of benzene rings is 3. The first-order chi connectivity index (χ1) is 47.7. The second-order valence-electron chi connectivity index (χ2n) is 30.1. The monoisotopic (exact) mass is 1320 g/mol. The minimum atomic E-state index is -1.13. The van der Waals surface area contributed by atoms with Gasteiger partial charge in [-0.3, -0.25) is 20.1 Å². The van der Waals surface area contributed by atoms with Crippen molar-refractivity contribution in [2.45, 2.75) is 157 Å². The van der Waals surface area contributed by atoms with Crippen molar-refractivity contribution in [3.8, 4) is 52.4 Å². The van der Waals surface area contributed by atoms with Crippen LogP contribution in [0.25, 0.3) is 10.9 Å². The number of esters is 1. The summed E-state index contributed by atoms with van der Waals surface area (Å²) in [5.74, 6) is 14.4. The third kappa shape index (κ3) is 10.9. The quantitative estimate of drug-likeness (QED) is 0.0264. The molecule has 3 aromatic heterocycles. The van der Waals surface area contributed by atoms with E-state index < -0.39 is 83.2 Å². The number of hydrogen-bond donors (Lipinski definition) is 11. The fourth-order valence-electron chi connectivity index (χ4n) is 20.4. The van der Waals surface area contributed by atoms with Gasteiger partial charge in [0, 0.05) is 111 Å². The molecule has 19 nitrogen and oxygen atoms in total. The maximum atomic E-state index is 14.0. The van der Waals surface area contributed by atoms with E-state index in [0.717, 1.165) is 73.4 Å². The summed E-state index contributed by atoms with van der Waals surface area (Å²) in [5.41, 5.74) is 12.9. The van der Waals surface area contributed by atoms with Gasteiger partial charge in [-0.2, -0.15) is 0 Å². The lowest BCUT2D eigenvalue weighted by Crippen LogP contribution is -2.76. The molecule has 12 N–H and O–H groups in total. The molecule has 19 atom stereocenters. The minimum absolute atomic E-state index is 0.00542. The summed E-state index contributed by atoms with van der Waals surface area (Å²) < 4.78 is 30.3. The topological polar surface area (TPSA) is 267 Å². The van der Waals surface area contributed by atoms with Crippen molar-refractivity contribution in [2.24, 2.45) is 63.0 Å². The van der Waals surface area contributed by atoms with Crippen molar-refractivity contribution in [1.29, 1.82) is 0 Å². The molecule has 0 amide bonds. The summed E-state index contributed by atoms with van der Waals surface area (Å²) in [6.07, 6.45) is 23.6. The normalized spacial score (nSPS) is 35.4. The van der Waals surface area contributed by atoms with Crippen molar-refractivity contribution in [3.05, 3.63) is 167 Å². The highest BCUT2D eigenvalue weighted by atomic mass is 16.6. The number of aromatic hydroxyl groups is 3. The van der Waals surface area contributed by atoms with Crippen molar-refractivity contribution in [3.63, 3.8) is 0 Å². The fraction of sp³-hybridized carbons (Fsp3) is 0.481. The Morgan fingerprint density at radius 2 is 1.89 bits per heavy atom. The minimum Gasteiger partial charge on any atom is -0.504 e. The fourth-order valence-corrected chi connectivity index (χ4v) is 20.4. The number of nitrogens with two attached hydrogens (primary N) is 1. The molecule has 0 radical (unpaired) electrons. The van der Waals surface area contributed by atoms with Crippen LogP contribution in [0.2, 0.25) is 0 Å². The van der Waals surface area contributed by atoms with Crippen molar-refractivity contribution in [1.82, 2.24) is 41.1 Å². The highest BCUT2D eigenvalue weighted by Gasteiger charge is 2.64. The van der Waals surface area contributed by atoms with Gasteiger partial charge >= 0.3 is 5.97 Å². The Morgan fingerprint density at radius 3 is 2.74 bits per heavy atom. The number of nitrogens with one attached hydrogen (secondary N) is 6. The van der Waals surface area contributed by atoms with Crippen molar-refractivity contribution < 1.29 is 44.2 Å². The molecule has 0 unspecified atom stereocenters. The number of ether oxygens (including phenoxy) is 4. The lowest BCUT2D eigenvalue weighted by molar-refractivity contribution is -0.197. The Morgan fingerprint density at radius 1 is 0.980 bits per heavy atom. The number of phenols is 3. The highest BCUT2D eigenvalue weighted by Crippen LogP contribution is 2.65. The average Bonchev–Trinajstić information content (AvgIpc) is 1.34. The van der Waals surface area contributed by atoms with E-state index in [9.17, 15) is 25.2 Å². The number of hydrogen-bond acceptors (Lipinski definition) is 17. The standard InChI is InChI=1S/C79H88N10O9/c1-44(90)96-63-36-62(52-34-61(92)72(93)66(35-52)95-29-23-45-8-7-26-82-40-45)98-73-56(63)17-15-53-16-18-57-64-32-48-30-50-10-5-12-54-55-20-25-77(69(55)71(81-2)68(50)54,37-47-21-27-84-67(80)33-47)43-85-76-87-74(89-41-51-22-28-83-59(51)42-89)70(79(57,39-48)88-76)75(94)86-58-13-4-3-9-49(58)11-6-24-78(53,73)38-46-14-19-60(91)65(31-46)97-64/h5,7-8,10,12,14-15,17,19,21-22,26,28,31,33-35,40-42,48-49,53,55-58,62-64,69-71,73-75,81,83-84,86,91-94H,3-4,9,13,20,23-25,27,29-30,32,36-39,43,80H2,1-2H3,(H2,85,87,88)/t48-,49+,53+,55+,56-,57+,58-,62-,63-,64+,69+,70-,71-,73+,74+,75-,77+,78+,79+/m0/s1. The number of aromatic amines is 1. The van der Waals surface area contributed by atoms with Crippen molar-refractivity contribution in [2.75, 3.05) is 26.7 Å². The number of dihydropyridines is 1. The molecule has 3 saturated carbocycles. The van der Waals surface area contributed by atoms with E-state index in [1.165, 1.54) is 35.3 Å². The SMILES string of the molecule is CN[C@H]1c2c3cccc2[C@H]2CC[C@@](CC4=CCNC(N)=C4)(CN=C4N[C@H](n5cc6cc[nH]c6c5)[C@H]5[C@H](O)N[C@H]6CCCC[C@@H]6C#CC[C@@]67Cc8ccc(O)c(c8)O[C@@H]8C[C@H](C3)C[C@@]5(N4)[C@@H]8C#C[C@H]6C=C[C@H]3[C@@H](OC(C)=O)C[C@@H](c4cc(O)c(O)c(OCCc5cccnc5)c4)O[C@H]37)[C@H]21. The van der Waals surface area contributed by atoms with Gasteiger partial charge in [0.25, 0.3) is 0 Å². The van der Waals surface area contributed by atoms with E-state index in [4.69, 9.17) is 29.7 Å². The molecular formula is C79H88N10O9. The molecule has 98 heavy (non-hydrogen) atoms. The molecule has 508 valence electrons. The van der Waals surface area contributed by atoms with E-state index in [1.807, 2.05) is 30.5 Å². The van der Waals surface area contributed by atoms with E-state index in [0.29, 0.717) is 74.2 Å². The molecule has 9 bridgehead atoms. The van der Waals surface area contributed by atoms with E-state index >= 15 is 0 Å². The molecule has 19 heteroatoms. The van der Waals surface area contributed by atoms with Gasteiger partial charge in [0.1, 0.15) is 24.6 Å². The van der Waals surface area contributed by atoms with E-state index in [2.05, 4.69) is 133 Å². The number of pyridine rings is 1. The first kappa shape index (κ1) is 62.7. The van der Waals surface area contributed by atoms with Crippen LogP contribution in [0.15, 0.2) is 138 Å². The van der Waals surface area contributed by atoms with Crippen LogP contribution in [0.3, 0.4) is 0 Å². The van der Waals surface area contributed by atoms with Gasteiger partial charge in [-0.15, -0.1) is 5.92 Å². The maximum Gasteiger partial charge on any atom is 0.302 e. The van der Waals surface area contributed by atoms with Gasteiger partial charge in [0.05, 0.1) is 47.5 Å². The Labute approximate surface area is 571 Å². The van der Waals surface area contributed by atoms with Crippen LogP contribution in [0.5, 0.6) is 28.7 Å². The number of phenolic OH excluding ortho intramolecular Hbond substituents is 3. The second kappa shape index (κ2) is 24.8. The summed E-state index contributed by atoms with van der Waals surface area (Å²) >= 11 is 0. The number of allylic oxidation sites excluding steroid dienone is 3. The van der Waals surface area contributed by atoms with Gasteiger partial charge in [0.15, 0.2) is 29.0 Å². The number of aliphatic hydroxyl groups excluding tert-OH is 1. The predicted molar refractivity (Wildman–Crippen MR) is 370 cm³/mol. The molecule has 5 aliphatic carbocycles. The van der Waals surface area contributed by atoms with Crippen LogP contribution in [-0.4, -0.2) is 110 Å². The first-order valence-electron chi connectivity index (χ1n) is 35.7. The number of H-pyrrole nitrogens is 1. The smallest absolute Gasteiger partial charge is 0.302 e. The molecule has 17 rings (SSSR count). The number of guanidine groups is 1. The molecular weight excluding hydrogens is 1230 g/mol. The number of rotatable bonds is 10. The molecule has 3 aromatic carbocycles. The Kier molecular flexibility index (Phi) is 15.9. The lowest BCUT2D eigenvalue weighted by atomic mass is 9.57. The Hall–Kier alpha value is -8.85. The molecule has 2 saturated heterocycles. The van der Waals surface area contributed by atoms with Crippen LogP contribution in [-0.2, 0) is 33.5 Å². The average molecular weight is 1320 g/mol. The summed E-state index contributed by atoms with van der Waals surface area (Å²) in [6, 6.07) is 21.7. The summed E-state index contributed by atoms with van der Waals surface area (Å²) in [5, 5.41) is 70.0. The number of carbonyl (C=O) groups is 1. The number of aliphatic imine (C=N–C) groups is 1. The molecule has 1 spiro atoms. The number of nitrogens with zero attached hydrogens (tertiary/aromatic N) is 3. The van der Waals surface area contributed by atoms with Crippen LogP contribution < -0.4 is 41.8 Å². The second-order valence-corrected chi connectivity index (χ2v) is 30.1. The third-order valence-corrected chi connectivity index (χ3v) is 24.5. The molecule has 6 aromatic rings. The third-order valence-electron chi connectivity index (χ3n) is 24.5. The lowest BCUT2D eigenvalue weighted by Gasteiger charge is -2.59. The molecule has 5 fully saturated rings. The van der Waals surface area contributed by atoms with Gasteiger partial charge < -0.3 is 75.9 Å². The summed E-state index contributed by atoms with van der Waals surface area (Å²) in [6.45, 7) is 2.79. The zero-order chi connectivity index (χ0) is 66.6. The summed E-state index contributed by atoms with van der Waals surface area (Å²) in [7, 11) is 2.13. The number of fused-ring (bicyclic) bond motifs is 8. The predicted octanol–water partition coefficient (Wildman–Crippen LogP) is 9.39. The largest absolute Gasteiger partial charge is 0.504 e. The van der Waals surface area contributed by atoms with Crippen LogP contribution in [0.1, 0.15) is 135 Å². The van der Waals surface area contributed by atoms with Gasteiger partial charge in [-0.1, -0.05) is 79.2 Å².